The molecule has 168 valence electrons. The van der Waals surface area contributed by atoms with Crippen LogP contribution in [-0.2, 0) is 11.4 Å². The van der Waals surface area contributed by atoms with Crippen LogP contribution in [0.4, 0.5) is 0 Å². The minimum Gasteiger partial charge on any atom is -0.493 e. The highest BCUT2D eigenvalue weighted by atomic mass is 35.5. The van der Waals surface area contributed by atoms with Gasteiger partial charge in [0.25, 0.3) is 5.91 Å². The average molecular weight is 491 g/mol. The molecule has 0 atom stereocenters. The lowest BCUT2D eigenvalue weighted by molar-refractivity contribution is -0.124. The molecule has 1 amide bonds. The summed E-state index contributed by atoms with van der Waals surface area (Å²) in [7, 11) is 1.58. The molecule has 0 unspecified atom stereocenters. The van der Waals surface area contributed by atoms with Crippen LogP contribution in [0.3, 0.4) is 0 Å². The number of halogens is 2. The number of hydrogen-bond donors (Lipinski definition) is 1. The molecule has 1 heterocycles. The number of carbonyl (C=O) groups excluding carboxylic acids is 1. The zero-order valence-electron chi connectivity index (χ0n) is 17.7. The molecule has 2 fully saturated rings. The predicted octanol–water partition coefficient (Wildman–Crippen LogP) is 5.97. The van der Waals surface area contributed by atoms with Crippen molar-refractivity contribution in [3.8, 4) is 11.5 Å². The first-order valence-electron chi connectivity index (χ1n) is 10.6. The highest BCUT2D eigenvalue weighted by Crippen LogP contribution is 2.32. The predicted molar refractivity (Wildman–Crippen MR) is 131 cm³/mol. The summed E-state index contributed by atoms with van der Waals surface area (Å²) in [6.07, 6.45) is 7.29. The summed E-state index contributed by atoms with van der Waals surface area (Å²) in [5.74, 6) is 1.09. The second-order valence-electron chi connectivity index (χ2n) is 7.90. The van der Waals surface area contributed by atoms with Gasteiger partial charge in [-0.05, 0) is 66.5 Å². The molecule has 1 saturated carbocycles. The molecule has 4 rings (SSSR count). The first kappa shape index (κ1) is 22.9. The number of ether oxygens (including phenoxy) is 2. The number of nitrogens with zero attached hydrogens (tertiary/aromatic N) is 1. The third-order valence-electron chi connectivity index (χ3n) is 5.73. The van der Waals surface area contributed by atoms with E-state index in [1.165, 1.54) is 6.42 Å². The molecule has 0 aromatic heterocycles. The van der Waals surface area contributed by atoms with Gasteiger partial charge in [-0.2, -0.15) is 0 Å². The van der Waals surface area contributed by atoms with E-state index in [0.29, 0.717) is 39.0 Å². The number of benzene rings is 2. The van der Waals surface area contributed by atoms with Gasteiger partial charge in [-0.3, -0.25) is 9.69 Å². The van der Waals surface area contributed by atoms with Crippen LogP contribution < -0.4 is 14.8 Å². The number of nitrogens with one attached hydrogen (secondary N) is 1. The van der Waals surface area contributed by atoms with Gasteiger partial charge in [-0.25, -0.2) is 0 Å². The molecular weight excluding hydrogens is 467 g/mol. The van der Waals surface area contributed by atoms with E-state index in [0.717, 1.165) is 36.8 Å². The average Bonchev–Trinajstić information content (AvgIpc) is 3.08. The summed E-state index contributed by atoms with van der Waals surface area (Å²) in [5.41, 5.74) is 2.18. The molecule has 32 heavy (non-hydrogen) atoms. The van der Waals surface area contributed by atoms with E-state index in [1.807, 2.05) is 24.3 Å². The SMILES string of the molecule is COc1cc(/C=C2\NC(=S)N(C3CCCCC3)C2=O)ccc1OCc1ccc(Cl)c(Cl)c1. The summed E-state index contributed by atoms with van der Waals surface area (Å²) in [5, 5.41) is 4.55. The van der Waals surface area contributed by atoms with Crippen LogP contribution in [0.5, 0.6) is 11.5 Å². The van der Waals surface area contributed by atoms with E-state index in [9.17, 15) is 4.79 Å². The first-order chi connectivity index (χ1) is 15.5. The summed E-state index contributed by atoms with van der Waals surface area (Å²) in [6, 6.07) is 11.1. The summed E-state index contributed by atoms with van der Waals surface area (Å²) in [6.45, 7) is 0.318. The lowest BCUT2D eigenvalue weighted by atomic mass is 9.94. The van der Waals surface area contributed by atoms with Gasteiger partial charge in [0.1, 0.15) is 12.3 Å². The van der Waals surface area contributed by atoms with Gasteiger partial charge in [0.05, 0.1) is 17.2 Å². The molecule has 5 nitrogen and oxygen atoms in total. The Morgan fingerprint density at radius 1 is 1.09 bits per heavy atom. The number of amides is 1. The number of methoxy groups -OCH3 is 1. The van der Waals surface area contributed by atoms with Gasteiger partial charge >= 0.3 is 0 Å². The van der Waals surface area contributed by atoms with E-state index in [1.54, 1.807) is 30.2 Å². The Bertz CT molecular complexity index is 1070. The first-order valence-corrected chi connectivity index (χ1v) is 11.7. The third-order valence-corrected chi connectivity index (χ3v) is 6.76. The molecular formula is C24H24Cl2N2O3S. The highest BCUT2D eigenvalue weighted by Gasteiger charge is 2.36. The Labute approximate surface area is 203 Å². The maximum absolute atomic E-state index is 13.0. The summed E-state index contributed by atoms with van der Waals surface area (Å²) in [4.78, 5) is 14.7. The quantitative estimate of drug-likeness (QED) is 0.399. The normalized spacial score (nSPS) is 18.2. The molecule has 0 spiro atoms. The fraction of sp³-hybridized carbons (Fsp3) is 0.333. The van der Waals surface area contributed by atoms with Gasteiger partial charge in [0.15, 0.2) is 16.6 Å². The Morgan fingerprint density at radius 2 is 1.88 bits per heavy atom. The van der Waals surface area contributed by atoms with Crippen molar-refractivity contribution in [2.75, 3.05) is 7.11 Å². The Balaban J connectivity index is 1.48. The maximum Gasteiger partial charge on any atom is 0.276 e. The Morgan fingerprint density at radius 3 is 2.59 bits per heavy atom. The number of carbonyl (C=O) groups is 1. The fourth-order valence-corrected chi connectivity index (χ4v) is 4.73. The lowest BCUT2D eigenvalue weighted by Crippen LogP contribution is -2.41. The topological polar surface area (TPSA) is 50.8 Å². The molecule has 2 aromatic rings. The molecule has 8 heteroatoms. The second kappa shape index (κ2) is 10.1. The molecule has 0 radical (unpaired) electrons. The Hall–Kier alpha value is -2.28. The zero-order valence-corrected chi connectivity index (χ0v) is 20.0. The van der Waals surface area contributed by atoms with Crippen LogP contribution in [-0.4, -0.2) is 29.1 Å². The van der Waals surface area contributed by atoms with Crippen molar-refractivity contribution in [2.24, 2.45) is 0 Å². The monoisotopic (exact) mass is 490 g/mol. The van der Waals surface area contributed by atoms with Gasteiger partial charge in [-0.1, -0.05) is 54.6 Å². The van der Waals surface area contributed by atoms with Crippen molar-refractivity contribution in [1.82, 2.24) is 10.2 Å². The van der Waals surface area contributed by atoms with E-state index in [2.05, 4.69) is 5.32 Å². The van der Waals surface area contributed by atoms with Gasteiger partial charge in [0, 0.05) is 6.04 Å². The summed E-state index contributed by atoms with van der Waals surface area (Å²) >= 11 is 17.5. The standard InChI is InChI=1S/C24H24Cl2N2O3S/c1-30-22-13-15(8-10-21(22)31-14-16-7-9-18(25)19(26)11-16)12-20-23(29)28(24(32)27-20)17-5-3-2-4-6-17/h7-13,17H,2-6,14H2,1H3,(H,27,32)/b20-12-. The number of hydrogen-bond acceptors (Lipinski definition) is 4. The van der Waals surface area contributed by atoms with Crippen molar-refractivity contribution in [2.45, 2.75) is 44.8 Å². The van der Waals surface area contributed by atoms with Crippen LogP contribution in [0.2, 0.25) is 10.0 Å². The second-order valence-corrected chi connectivity index (χ2v) is 9.10. The van der Waals surface area contributed by atoms with E-state index in [4.69, 9.17) is 44.9 Å². The zero-order chi connectivity index (χ0) is 22.7. The largest absolute Gasteiger partial charge is 0.493 e. The molecule has 2 aromatic carbocycles. The van der Waals surface area contributed by atoms with Crippen LogP contribution in [0.1, 0.15) is 43.2 Å². The van der Waals surface area contributed by atoms with E-state index in [-0.39, 0.29) is 11.9 Å². The molecule has 1 aliphatic heterocycles. The van der Waals surface area contributed by atoms with Crippen molar-refractivity contribution >= 4 is 52.5 Å². The van der Waals surface area contributed by atoms with Gasteiger partial charge in [-0.15, -0.1) is 0 Å². The Kier molecular flexibility index (Phi) is 7.23. The smallest absolute Gasteiger partial charge is 0.276 e. The highest BCUT2D eigenvalue weighted by molar-refractivity contribution is 7.80. The third kappa shape index (κ3) is 5.03. The lowest BCUT2D eigenvalue weighted by Gasteiger charge is -2.29. The van der Waals surface area contributed by atoms with Crippen molar-refractivity contribution in [3.63, 3.8) is 0 Å². The number of thiocarbonyl (C=S) groups is 1. The molecule has 2 aliphatic rings. The molecule has 1 aliphatic carbocycles. The minimum atomic E-state index is -0.0687. The van der Waals surface area contributed by atoms with E-state index >= 15 is 0 Å². The molecule has 0 bridgehead atoms. The van der Waals surface area contributed by atoms with Crippen LogP contribution in [0.15, 0.2) is 42.1 Å². The van der Waals surface area contributed by atoms with Crippen molar-refractivity contribution in [1.29, 1.82) is 0 Å². The summed E-state index contributed by atoms with van der Waals surface area (Å²) < 4.78 is 11.4. The fourth-order valence-electron chi connectivity index (χ4n) is 4.07. The van der Waals surface area contributed by atoms with Crippen LogP contribution >= 0.6 is 35.4 Å². The van der Waals surface area contributed by atoms with Crippen LogP contribution in [0, 0.1) is 0 Å². The van der Waals surface area contributed by atoms with Gasteiger partial charge in [0.2, 0.25) is 0 Å². The van der Waals surface area contributed by atoms with E-state index < -0.39 is 0 Å². The number of rotatable bonds is 6. The van der Waals surface area contributed by atoms with Gasteiger partial charge < -0.3 is 14.8 Å². The van der Waals surface area contributed by atoms with Crippen LogP contribution in [0.25, 0.3) is 6.08 Å². The molecule has 1 saturated heterocycles. The molecule has 1 N–H and O–H groups in total. The minimum absolute atomic E-state index is 0.0687. The van der Waals surface area contributed by atoms with Crippen molar-refractivity contribution < 1.29 is 14.3 Å². The van der Waals surface area contributed by atoms with Crippen molar-refractivity contribution in [3.05, 3.63) is 63.3 Å². The maximum atomic E-state index is 13.0.